The zero-order chi connectivity index (χ0) is 27.0. The van der Waals surface area contributed by atoms with Gasteiger partial charge in [0.15, 0.2) is 0 Å². The number of piperidine rings is 1. The van der Waals surface area contributed by atoms with Gasteiger partial charge in [0, 0.05) is 18.1 Å². The summed E-state index contributed by atoms with van der Waals surface area (Å²) in [6.07, 6.45) is 3.69. The molecule has 0 spiro atoms. The monoisotopic (exact) mass is 555 g/mol. The number of hydrogen-bond donors (Lipinski definition) is 1. The second-order valence-electron chi connectivity index (χ2n) is 9.25. The second-order valence-corrected chi connectivity index (χ2v) is 11.5. The summed E-state index contributed by atoms with van der Waals surface area (Å²) < 4.78 is 34.3. The highest BCUT2D eigenvalue weighted by atomic mass is 35.5. The van der Waals surface area contributed by atoms with Crippen LogP contribution in [0.3, 0.4) is 0 Å². The minimum atomic E-state index is -4.09. The van der Waals surface area contributed by atoms with Gasteiger partial charge in [0.25, 0.3) is 10.0 Å². The summed E-state index contributed by atoms with van der Waals surface area (Å²) in [5.41, 5.74) is 2.49. The number of carbonyl (C=O) groups is 1. The van der Waals surface area contributed by atoms with Gasteiger partial charge in [-0.3, -0.25) is 14.0 Å². The molecule has 1 N–H and O–H groups in total. The average molecular weight is 556 g/mol. The fourth-order valence-corrected chi connectivity index (χ4v) is 6.15. The molecule has 1 fully saturated rings. The number of ether oxygens (including phenoxy) is 1. The maximum absolute atomic E-state index is 13.7. The summed E-state index contributed by atoms with van der Waals surface area (Å²) in [6, 6.07) is 20.8. The summed E-state index contributed by atoms with van der Waals surface area (Å²) in [6.45, 7) is 5.09. The number of para-hydroxylation sites is 2. The third-order valence-electron chi connectivity index (χ3n) is 6.56. The molecule has 0 saturated carbocycles. The lowest BCUT2D eigenvalue weighted by molar-refractivity contribution is -0.119. The van der Waals surface area contributed by atoms with Gasteiger partial charge < -0.3 is 10.1 Å². The number of sulfonamides is 1. The van der Waals surface area contributed by atoms with Gasteiger partial charge in [-0.25, -0.2) is 8.42 Å². The van der Waals surface area contributed by atoms with E-state index >= 15 is 0 Å². The van der Waals surface area contributed by atoms with Gasteiger partial charge in [0.2, 0.25) is 5.91 Å². The summed E-state index contributed by atoms with van der Waals surface area (Å²) in [5.74, 6) is -0.0335. The highest BCUT2D eigenvalue weighted by Crippen LogP contribution is 2.32. The van der Waals surface area contributed by atoms with Gasteiger partial charge in [0.05, 0.1) is 17.2 Å². The van der Waals surface area contributed by atoms with E-state index in [-0.39, 0.29) is 4.90 Å². The van der Waals surface area contributed by atoms with Crippen LogP contribution in [-0.2, 0) is 27.9 Å². The van der Waals surface area contributed by atoms with Crippen molar-refractivity contribution in [2.75, 3.05) is 30.5 Å². The normalized spacial score (nSPS) is 14.2. The first-order chi connectivity index (χ1) is 18.4. The van der Waals surface area contributed by atoms with Gasteiger partial charge in [0.1, 0.15) is 12.3 Å². The molecule has 0 atom stereocenters. The van der Waals surface area contributed by atoms with E-state index in [2.05, 4.69) is 16.3 Å². The van der Waals surface area contributed by atoms with Crippen LogP contribution in [0.1, 0.15) is 37.3 Å². The molecule has 0 aliphatic carbocycles. The van der Waals surface area contributed by atoms with Crippen LogP contribution in [0.15, 0.2) is 77.7 Å². The van der Waals surface area contributed by atoms with Crippen LogP contribution < -0.4 is 14.4 Å². The van der Waals surface area contributed by atoms with E-state index in [0.717, 1.165) is 29.5 Å². The Labute approximate surface area is 230 Å². The smallest absolute Gasteiger partial charge is 0.264 e. The lowest BCUT2D eigenvalue weighted by atomic mass is 10.0. The standard InChI is InChI=1S/C29H34ClN3O4S/c1-2-37-28-13-7-6-12-27(28)33(38(35,36)26-16-14-25(30)15-17-26)22-29(34)31-20-23-10-4-5-11-24(23)21-32-18-8-3-9-19-32/h4-7,10-17H,2-3,8-9,18-22H2,1H3,(H,31,34). The Hall–Kier alpha value is -3.07. The number of anilines is 1. The second kappa shape index (κ2) is 13.1. The van der Waals surface area contributed by atoms with Crippen LogP contribution >= 0.6 is 11.6 Å². The van der Waals surface area contributed by atoms with Crippen LogP contribution in [0.25, 0.3) is 0 Å². The molecular formula is C29H34ClN3O4S. The highest BCUT2D eigenvalue weighted by molar-refractivity contribution is 7.92. The fraction of sp³-hybridized carbons (Fsp3) is 0.345. The van der Waals surface area contributed by atoms with E-state index in [4.69, 9.17) is 16.3 Å². The van der Waals surface area contributed by atoms with Gasteiger partial charge >= 0.3 is 0 Å². The molecule has 0 radical (unpaired) electrons. The maximum Gasteiger partial charge on any atom is 0.264 e. The Morgan fingerprint density at radius 1 is 0.947 bits per heavy atom. The Balaban J connectivity index is 1.55. The molecule has 1 amide bonds. The summed E-state index contributed by atoms with van der Waals surface area (Å²) >= 11 is 5.99. The van der Waals surface area contributed by atoms with Crippen LogP contribution in [0.4, 0.5) is 5.69 Å². The SMILES string of the molecule is CCOc1ccccc1N(CC(=O)NCc1ccccc1CN1CCCCC1)S(=O)(=O)c1ccc(Cl)cc1. The van der Waals surface area contributed by atoms with Crippen molar-refractivity contribution in [2.24, 2.45) is 0 Å². The third kappa shape index (κ3) is 7.07. The molecule has 1 aliphatic heterocycles. The molecule has 0 unspecified atom stereocenters. The van der Waals surface area contributed by atoms with Crippen LogP contribution in [0.2, 0.25) is 5.02 Å². The minimum absolute atomic E-state index is 0.0351. The predicted octanol–water partition coefficient (Wildman–Crippen LogP) is 5.24. The molecule has 3 aromatic rings. The van der Waals surface area contributed by atoms with E-state index < -0.39 is 22.5 Å². The van der Waals surface area contributed by atoms with Crippen molar-refractivity contribution >= 4 is 33.2 Å². The lowest BCUT2D eigenvalue weighted by Gasteiger charge is -2.27. The molecule has 38 heavy (non-hydrogen) atoms. The quantitative estimate of drug-likeness (QED) is 0.350. The Bertz CT molecular complexity index is 1330. The number of nitrogens with zero attached hydrogens (tertiary/aromatic N) is 2. The molecule has 1 aliphatic rings. The molecule has 0 bridgehead atoms. The summed E-state index contributed by atoms with van der Waals surface area (Å²) in [7, 11) is -4.09. The zero-order valence-corrected chi connectivity index (χ0v) is 23.2. The first-order valence-corrected chi connectivity index (χ1v) is 14.8. The summed E-state index contributed by atoms with van der Waals surface area (Å²) in [5, 5.41) is 3.36. The Morgan fingerprint density at radius 3 is 2.32 bits per heavy atom. The van der Waals surface area contributed by atoms with Gasteiger partial charge in [-0.05, 0) is 80.4 Å². The Kier molecular flexibility index (Phi) is 9.66. The summed E-state index contributed by atoms with van der Waals surface area (Å²) in [4.78, 5) is 15.7. The average Bonchev–Trinajstić information content (AvgIpc) is 2.93. The number of hydrogen-bond acceptors (Lipinski definition) is 5. The molecule has 202 valence electrons. The number of nitrogens with one attached hydrogen (secondary N) is 1. The lowest BCUT2D eigenvalue weighted by Crippen LogP contribution is -2.41. The maximum atomic E-state index is 13.7. The van der Waals surface area contributed by atoms with Gasteiger partial charge in [-0.1, -0.05) is 54.4 Å². The van der Waals surface area contributed by atoms with E-state index in [1.807, 2.05) is 25.1 Å². The topological polar surface area (TPSA) is 79.0 Å². The van der Waals surface area contributed by atoms with Crippen LogP contribution in [0.5, 0.6) is 5.75 Å². The number of halogens is 1. The minimum Gasteiger partial charge on any atom is -0.492 e. The van der Waals surface area contributed by atoms with Crippen molar-refractivity contribution in [1.29, 1.82) is 0 Å². The van der Waals surface area contributed by atoms with Crippen molar-refractivity contribution in [3.05, 3.63) is 88.9 Å². The van der Waals surface area contributed by atoms with Crippen molar-refractivity contribution in [2.45, 2.75) is 44.2 Å². The van der Waals surface area contributed by atoms with Crippen LogP contribution in [-0.4, -0.2) is 45.5 Å². The largest absolute Gasteiger partial charge is 0.492 e. The van der Waals surface area contributed by atoms with Crippen molar-refractivity contribution in [1.82, 2.24) is 10.2 Å². The zero-order valence-electron chi connectivity index (χ0n) is 21.6. The molecule has 1 heterocycles. The Morgan fingerprint density at radius 2 is 1.61 bits per heavy atom. The van der Waals surface area contributed by atoms with Crippen molar-refractivity contribution < 1.29 is 17.9 Å². The van der Waals surface area contributed by atoms with Gasteiger partial charge in [-0.2, -0.15) is 0 Å². The van der Waals surface area contributed by atoms with Crippen molar-refractivity contribution in [3.63, 3.8) is 0 Å². The number of benzene rings is 3. The first kappa shape index (κ1) is 28.0. The van der Waals surface area contributed by atoms with E-state index in [1.165, 1.54) is 49.1 Å². The molecule has 3 aromatic carbocycles. The van der Waals surface area contributed by atoms with E-state index in [1.54, 1.807) is 24.3 Å². The first-order valence-electron chi connectivity index (χ1n) is 12.9. The fourth-order valence-electron chi connectivity index (χ4n) is 4.60. The highest BCUT2D eigenvalue weighted by Gasteiger charge is 2.29. The van der Waals surface area contributed by atoms with Gasteiger partial charge in [-0.15, -0.1) is 0 Å². The molecule has 7 nitrogen and oxygen atoms in total. The number of rotatable bonds is 11. The number of amides is 1. The molecular weight excluding hydrogens is 522 g/mol. The van der Waals surface area contributed by atoms with E-state index in [9.17, 15) is 13.2 Å². The van der Waals surface area contributed by atoms with Crippen molar-refractivity contribution in [3.8, 4) is 5.75 Å². The van der Waals surface area contributed by atoms with E-state index in [0.29, 0.717) is 29.6 Å². The number of carbonyl (C=O) groups excluding carboxylic acids is 1. The molecule has 4 rings (SSSR count). The third-order valence-corrected chi connectivity index (χ3v) is 8.59. The molecule has 9 heteroatoms. The molecule has 0 aromatic heterocycles. The van der Waals surface area contributed by atoms with Crippen LogP contribution in [0, 0.1) is 0 Å². The molecule has 1 saturated heterocycles. The number of likely N-dealkylation sites (tertiary alicyclic amines) is 1. The predicted molar refractivity (Wildman–Crippen MR) is 151 cm³/mol.